The van der Waals surface area contributed by atoms with E-state index in [1.165, 1.54) is 0 Å². The minimum Gasteiger partial charge on any atom is -0.341 e. The Balaban J connectivity index is 0.00000364. The lowest BCUT2D eigenvalue weighted by molar-refractivity contribution is -0.136. The molecular formula is C20H33ClN4O2. The van der Waals surface area contributed by atoms with Gasteiger partial charge < -0.3 is 21.3 Å². The zero-order valence-electron chi connectivity index (χ0n) is 16.3. The van der Waals surface area contributed by atoms with Crippen LogP contribution in [0.5, 0.6) is 0 Å². The average Bonchev–Trinajstić information content (AvgIpc) is 2.65. The second-order valence-electron chi connectivity index (χ2n) is 7.40. The smallest absolute Gasteiger partial charge is 0.315 e. The maximum Gasteiger partial charge on any atom is 0.315 e. The Labute approximate surface area is 168 Å². The SMILES string of the molecule is CC(C)C(NC(=O)NCc1ccccc1)C(=O)N1CCCC(CCN)C1.Cl. The van der Waals surface area contributed by atoms with Crippen molar-refractivity contribution in [3.63, 3.8) is 0 Å². The van der Waals surface area contributed by atoms with Crippen LogP contribution in [-0.2, 0) is 11.3 Å². The number of nitrogens with two attached hydrogens (primary N) is 1. The highest BCUT2D eigenvalue weighted by atomic mass is 35.5. The molecular weight excluding hydrogens is 364 g/mol. The number of hydrogen-bond donors (Lipinski definition) is 3. The molecule has 0 bridgehead atoms. The zero-order valence-corrected chi connectivity index (χ0v) is 17.1. The van der Waals surface area contributed by atoms with E-state index < -0.39 is 6.04 Å². The summed E-state index contributed by atoms with van der Waals surface area (Å²) >= 11 is 0. The van der Waals surface area contributed by atoms with Crippen LogP contribution >= 0.6 is 12.4 Å². The van der Waals surface area contributed by atoms with Crippen molar-refractivity contribution in [1.82, 2.24) is 15.5 Å². The van der Waals surface area contributed by atoms with Crippen LogP contribution in [0.4, 0.5) is 4.79 Å². The Morgan fingerprint density at radius 2 is 1.96 bits per heavy atom. The fourth-order valence-electron chi connectivity index (χ4n) is 3.42. The number of benzene rings is 1. The maximum atomic E-state index is 13.0. The van der Waals surface area contributed by atoms with E-state index in [1.807, 2.05) is 49.1 Å². The molecule has 27 heavy (non-hydrogen) atoms. The maximum absolute atomic E-state index is 13.0. The quantitative estimate of drug-likeness (QED) is 0.661. The largest absolute Gasteiger partial charge is 0.341 e. The van der Waals surface area contributed by atoms with E-state index in [9.17, 15) is 9.59 Å². The van der Waals surface area contributed by atoms with Crippen molar-refractivity contribution < 1.29 is 9.59 Å². The Hall–Kier alpha value is -1.79. The van der Waals surface area contributed by atoms with Crippen molar-refractivity contribution >= 4 is 24.3 Å². The lowest BCUT2D eigenvalue weighted by Crippen LogP contribution is -2.55. The van der Waals surface area contributed by atoms with Gasteiger partial charge in [-0.05, 0) is 43.2 Å². The second-order valence-corrected chi connectivity index (χ2v) is 7.40. The van der Waals surface area contributed by atoms with Gasteiger partial charge in [-0.1, -0.05) is 44.2 Å². The number of carbonyl (C=O) groups is 2. The molecule has 0 aromatic heterocycles. The standard InChI is InChI=1S/C20H32N4O2.ClH/c1-15(2)18(19(25)24-12-6-9-17(14-24)10-11-21)23-20(26)22-13-16-7-4-3-5-8-16;/h3-5,7-8,15,17-18H,6,9-14,21H2,1-2H3,(H2,22,23,26);1H. The first-order valence-corrected chi connectivity index (χ1v) is 9.58. The molecule has 3 amide bonds. The first-order chi connectivity index (χ1) is 12.5. The fourth-order valence-corrected chi connectivity index (χ4v) is 3.42. The number of hydrogen-bond acceptors (Lipinski definition) is 3. The Morgan fingerprint density at radius 1 is 1.26 bits per heavy atom. The van der Waals surface area contributed by atoms with E-state index in [2.05, 4.69) is 10.6 Å². The topological polar surface area (TPSA) is 87.5 Å². The lowest BCUT2D eigenvalue weighted by Gasteiger charge is -2.36. The summed E-state index contributed by atoms with van der Waals surface area (Å²) in [6, 6.07) is 8.90. The lowest BCUT2D eigenvalue weighted by atomic mass is 9.93. The minimum absolute atomic E-state index is 0. The Kier molecular flexibility index (Phi) is 10.2. The summed E-state index contributed by atoms with van der Waals surface area (Å²) in [5.74, 6) is 0.508. The highest BCUT2D eigenvalue weighted by Crippen LogP contribution is 2.20. The summed E-state index contributed by atoms with van der Waals surface area (Å²) in [6.45, 7) is 6.51. The molecule has 4 N–H and O–H groups in total. The van der Waals surface area contributed by atoms with Crippen LogP contribution in [0.3, 0.4) is 0 Å². The van der Waals surface area contributed by atoms with Crippen molar-refractivity contribution in [1.29, 1.82) is 0 Å². The molecule has 1 aromatic rings. The molecule has 1 saturated heterocycles. The molecule has 1 aliphatic rings. The van der Waals surface area contributed by atoms with Crippen LogP contribution in [0.25, 0.3) is 0 Å². The molecule has 0 spiro atoms. The van der Waals surface area contributed by atoms with Gasteiger partial charge in [-0.25, -0.2) is 4.79 Å². The van der Waals surface area contributed by atoms with Gasteiger partial charge in [0.25, 0.3) is 0 Å². The molecule has 2 rings (SSSR count). The average molecular weight is 397 g/mol. The van der Waals surface area contributed by atoms with Crippen LogP contribution < -0.4 is 16.4 Å². The summed E-state index contributed by atoms with van der Waals surface area (Å²) in [7, 11) is 0. The van der Waals surface area contributed by atoms with Crippen LogP contribution in [0, 0.1) is 11.8 Å². The van der Waals surface area contributed by atoms with Crippen LogP contribution in [0.15, 0.2) is 30.3 Å². The van der Waals surface area contributed by atoms with Gasteiger partial charge in [0.15, 0.2) is 0 Å². The molecule has 2 unspecified atom stereocenters. The van der Waals surface area contributed by atoms with Crippen molar-refractivity contribution in [3.05, 3.63) is 35.9 Å². The normalized spacial score (nSPS) is 17.8. The number of carbonyl (C=O) groups excluding carboxylic acids is 2. The molecule has 6 nitrogen and oxygen atoms in total. The van der Waals surface area contributed by atoms with Gasteiger partial charge in [-0.15, -0.1) is 12.4 Å². The number of urea groups is 1. The second kappa shape index (κ2) is 11.8. The summed E-state index contributed by atoms with van der Waals surface area (Å²) in [5.41, 5.74) is 6.69. The highest BCUT2D eigenvalue weighted by Gasteiger charge is 2.31. The number of amides is 3. The van der Waals surface area contributed by atoms with Crippen molar-refractivity contribution in [2.45, 2.75) is 45.7 Å². The third-order valence-electron chi connectivity index (χ3n) is 4.92. The molecule has 7 heteroatoms. The highest BCUT2D eigenvalue weighted by molar-refractivity contribution is 5.87. The van der Waals surface area contributed by atoms with Crippen LogP contribution in [0.2, 0.25) is 0 Å². The van der Waals surface area contributed by atoms with Gasteiger partial charge in [0.2, 0.25) is 5.91 Å². The van der Waals surface area contributed by atoms with E-state index in [-0.39, 0.29) is 30.3 Å². The molecule has 2 atom stereocenters. The molecule has 1 heterocycles. The van der Waals surface area contributed by atoms with Gasteiger partial charge >= 0.3 is 6.03 Å². The summed E-state index contributed by atoms with van der Waals surface area (Å²) in [6.07, 6.45) is 3.07. The number of nitrogens with one attached hydrogen (secondary N) is 2. The number of nitrogens with zero attached hydrogens (tertiary/aromatic N) is 1. The van der Waals surface area contributed by atoms with Gasteiger partial charge in [-0.2, -0.15) is 0 Å². The molecule has 152 valence electrons. The van der Waals surface area contributed by atoms with E-state index in [1.54, 1.807) is 0 Å². The number of likely N-dealkylation sites (tertiary alicyclic amines) is 1. The predicted molar refractivity (Wildman–Crippen MR) is 111 cm³/mol. The van der Waals surface area contributed by atoms with Crippen LogP contribution in [-0.4, -0.2) is 42.5 Å². The van der Waals surface area contributed by atoms with Crippen molar-refractivity contribution in [3.8, 4) is 0 Å². The molecule has 0 radical (unpaired) electrons. The van der Waals surface area contributed by atoms with Crippen molar-refractivity contribution in [2.75, 3.05) is 19.6 Å². The molecule has 1 aromatic carbocycles. The number of rotatable bonds is 7. The first-order valence-electron chi connectivity index (χ1n) is 9.58. The van der Waals surface area contributed by atoms with Crippen molar-refractivity contribution in [2.24, 2.45) is 17.6 Å². The zero-order chi connectivity index (χ0) is 18.9. The van der Waals surface area contributed by atoms with E-state index in [4.69, 9.17) is 5.73 Å². The van der Waals surface area contributed by atoms with E-state index in [0.717, 1.165) is 37.9 Å². The number of halogens is 1. The summed E-state index contributed by atoms with van der Waals surface area (Å²) in [4.78, 5) is 27.1. The predicted octanol–water partition coefficient (Wildman–Crippen LogP) is 2.52. The first kappa shape index (κ1) is 23.2. The van der Waals surface area contributed by atoms with Gasteiger partial charge in [0.1, 0.15) is 6.04 Å². The molecule has 0 saturated carbocycles. The van der Waals surface area contributed by atoms with Gasteiger partial charge in [-0.3, -0.25) is 4.79 Å². The van der Waals surface area contributed by atoms with Gasteiger partial charge in [0.05, 0.1) is 0 Å². The third-order valence-corrected chi connectivity index (χ3v) is 4.92. The molecule has 0 aliphatic carbocycles. The number of piperidine rings is 1. The Morgan fingerprint density at radius 3 is 2.59 bits per heavy atom. The fraction of sp³-hybridized carbons (Fsp3) is 0.600. The minimum atomic E-state index is -0.512. The Bertz CT molecular complexity index is 581. The molecule has 1 aliphatic heterocycles. The van der Waals surface area contributed by atoms with E-state index in [0.29, 0.717) is 19.0 Å². The summed E-state index contributed by atoms with van der Waals surface area (Å²) in [5, 5.41) is 5.70. The van der Waals surface area contributed by atoms with Crippen LogP contribution in [0.1, 0.15) is 38.7 Å². The monoisotopic (exact) mass is 396 g/mol. The van der Waals surface area contributed by atoms with Gasteiger partial charge in [0, 0.05) is 19.6 Å². The summed E-state index contributed by atoms with van der Waals surface area (Å²) < 4.78 is 0. The molecule has 1 fully saturated rings. The third kappa shape index (κ3) is 7.39. The van der Waals surface area contributed by atoms with E-state index >= 15 is 0 Å².